The number of carboxylic acid groups (broad SMARTS) is 1. The van der Waals surface area contributed by atoms with Crippen molar-refractivity contribution in [3.05, 3.63) is 125 Å². The number of halogens is 1. The molecule has 3 aromatic carbocycles. The van der Waals surface area contributed by atoms with Crippen LogP contribution in [-0.4, -0.2) is 95.1 Å². The number of nitrogens with zero attached hydrogens (tertiary/aromatic N) is 5. The number of carboxylic acids is 1. The summed E-state index contributed by atoms with van der Waals surface area (Å²) in [5, 5.41) is 11.7. The molecule has 3 aromatic heterocycles. The third kappa shape index (κ3) is 10.2. The van der Waals surface area contributed by atoms with Crippen molar-refractivity contribution in [3.63, 3.8) is 0 Å². The molecule has 322 valence electrons. The molecule has 1 unspecified atom stereocenters. The van der Waals surface area contributed by atoms with E-state index < -0.39 is 12.1 Å². The number of carbonyl (C=O) groups is 1. The number of morpholine rings is 1. The highest BCUT2D eigenvalue weighted by Crippen LogP contribution is 2.46. The molecule has 1 fully saturated rings. The molecule has 0 saturated carbocycles. The first-order valence-electron chi connectivity index (χ1n) is 20.1. The van der Waals surface area contributed by atoms with Gasteiger partial charge in [0.15, 0.2) is 5.82 Å². The maximum Gasteiger partial charge on any atom is 0.345 e. The summed E-state index contributed by atoms with van der Waals surface area (Å²) in [4.78, 5) is 29.4. The standard InChI is InChI=1S/C47H48ClN5O8S/c1-6-10-36(30(3)56-4)45-49-18-17-33(51-45)28-60-37-14-8-7-11-31(37)26-39(47(54)55)61-46-42-40(62-52-46)27-50-44(32-12-9-13-34(25-32)57-5)41(42)35-15-16-38(43(48)29(35)2)59-24-21-53-19-22-58-23-20-53/h6-18,25,27,39H,19-24,26,28H2,1-5H3,(H,54,55)/b10-6-,36-30-. The molecule has 1 atom stereocenters. The average Bonchev–Trinajstić information content (AvgIpc) is 3.71. The molecule has 4 heterocycles. The maximum absolute atomic E-state index is 13.0. The van der Waals surface area contributed by atoms with Crippen LogP contribution >= 0.6 is 23.1 Å². The van der Waals surface area contributed by atoms with Crippen molar-refractivity contribution in [2.75, 3.05) is 53.7 Å². The second-order valence-corrected chi connectivity index (χ2v) is 15.6. The fourth-order valence-electron chi connectivity index (χ4n) is 7.11. The summed E-state index contributed by atoms with van der Waals surface area (Å²) in [5.74, 6) is 1.87. The Labute approximate surface area is 369 Å². The minimum absolute atomic E-state index is 0.0226. The van der Waals surface area contributed by atoms with Gasteiger partial charge in [-0.1, -0.05) is 60.2 Å². The zero-order valence-corrected chi connectivity index (χ0v) is 36.8. The van der Waals surface area contributed by atoms with Crippen LogP contribution in [0.5, 0.6) is 23.1 Å². The van der Waals surface area contributed by atoms with Crippen LogP contribution in [0.15, 0.2) is 97.0 Å². The van der Waals surface area contributed by atoms with Gasteiger partial charge in [-0.05, 0) is 79.3 Å². The number of fused-ring (bicyclic) bond motifs is 1. The van der Waals surface area contributed by atoms with E-state index in [0.717, 1.165) is 41.9 Å². The Morgan fingerprint density at radius 3 is 2.63 bits per heavy atom. The van der Waals surface area contributed by atoms with Crippen molar-refractivity contribution in [3.8, 4) is 45.5 Å². The quantitative estimate of drug-likeness (QED) is 0.0647. The molecule has 1 aliphatic rings. The van der Waals surface area contributed by atoms with E-state index in [9.17, 15) is 9.90 Å². The molecular formula is C47H48ClN5O8S. The number of benzene rings is 3. The first-order valence-corrected chi connectivity index (χ1v) is 21.3. The molecule has 13 nitrogen and oxygen atoms in total. The van der Waals surface area contributed by atoms with Gasteiger partial charge >= 0.3 is 5.97 Å². The van der Waals surface area contributed by atoms with Crippen LogP contribution in [0.4, 0.5) is 0 Å². The fraction of sp³-hybridized carbons (Fsp3) is 0.298. The lowest BCUT2D eigenvalue weighted by atomic mass is 9.93. The number of pyridine rings is 1. The highest BCUT2D eigenvalue weighted by molar-refractivity contribution is 7.13. The third-order valence-corrected chi connectivity index (χ3v) is 11.7. The first-order chi connectivity index (χ1) is 30.2. The zero-order chi connectivity index (χ0) is 43.6. The predicted molar refractivity (Wildman–Crippen MR) is 240 cm³/mol. The second kappa shape index (κ2) is 20.7. The molecule has 1 aliphatic heterocycles. The number of aliphatic carboxylic acids is 1. The van der Waals surface area contributed by atoms with Gasteiger partial charge in [0.2, 0.25) is 12.0 Å². The summed E-state index contributed by atoms with van der Waals surface area (Å²) in [6.45, 7) is 10.2. The van der Waals surface area contributed by atoms with E-state index in [1.54, 1.807) is 38.7 Å². The van der Waals surface area contributed by atoms with Crippen molar-refractivity contribution in [1.82, 2.24) is 24.2 Å². The van der Waals surface area contributed by atoms with E-state index >= 15 is 0 Å². The number of allylic oxidation sites excluding steroid dienone is 4. The van der Waals surface area contributed by atoms with Gasteiger partial charge in [0.25, 0.3) is 0 Å². The number of aromatic nitrogens is 4. The van der Waals surface area contributed by atoms with Gasteiger partial charge < -0.3 is 33.5 Å². The lowest BCUT2D eigenvalue weighted by Crippen LogP contribution is -2.38. The van der Waals surface area contributed by atoms with Gasteiger partial charge in [0, 0.05) is 49.6 Å². The summed E-state index contributed by atoms with van der Waals surface area (Å²) in [6.07, 6.45) is 5.82. The Balaban J connectivity index is 1.20. The summed E-state index contributed by atoms with van der Waals surface area (Å²) in [7, 11) is 3.21. The molecule has 1 N–H and O–H groups in total. The lowest BCUT2D eigenvalue weighted by Gasteiger charge is -2.26. The van der Waals surface area contributed by atoms with Gasteiger partial charge in [-0.2, -0.15) is 4.37 Å². The molecule has 0 aliphatic carbocycles. The summed E-state index contributed by atoms with van der Waals surface area (Å²) in [5.41, 5.74) is 5.61. The van der Waals surface area contributed by atoms with E-state index in [1.165, 1.54) is 11.5 Å². The van der Waals surface area contributed by atoms with E-state index in [1.807, 2.05) is 87.5 Å². The predicted octanol–water partition coefficient (Wildman–Crippen LogP) is 9.10. The molecular weight excluding hydrogens is 830 g/mol. The summed E-state index contributed by atoms with van der Waals surface area (Å²) in [6, 6.07) is 20.4. The van der Waals surface area contributed by atoms with Gasteiger partial charge in [0.1, 0.15) is 36.2 Å². The molecule has 0 amide bonds. The van der Waals surface area contributed by atoms with Crippen LogP contribution in [0.25, 0.3) is 38.0 Å². The fourth-order valence-corrected chi connectivity index (χ4v) is 8.02. The monoisotopic (exact) mass is 877 g/mol. The molecule has 0 radical (unpaired) electrons. The Morgan fingerprint density at radius 1 is 1.03 bits per heavy atom. The van der Waals surface area contributed by atoms with Gasteiger partial charge in [-0.3, -0.25) is 9.88 Å². The van der Waals surface area contributed by atoms with Crippen molar-refractivity contribution in [1.29, 1.82) is 0 Å². The highest BCUT2D eigenvalue weighted by Gasteiger charge is 2.28. The van der Waals surface area contributed by atoms with Crippen molar-refractivity contribution in [2.24, 2.45) is 0 Å². The summed E-state index contributed by atoms with van der Waals surface area (Å²) < 4.78 is 40.8. The Hall–Kier alpha value is -6.06. The van der Waals surface area contributed by atoms with Crippen LogP contribution in [0.1, 0.15) is 36.5 Å². The summed E-state index contributed by atoms with van der Waals surface area (Å²) >= 11 is 8.25. The maximum atomic E-state index is 13.0. The molecule has 6 aromatic rings. The van der Waals surface area contributed by atoms with E-state index in [-0.39, 0.29) is 18.9 Å². The van der Waals surface area contributed by atoms with E-state index in [0.29, 0.717) is 86.3 Å². The number of ether oxygens (including phenoxy) is 6. The van der Waals surface area contributed by atoms with Crippen molar-refractivity contribution >= 4 is 44.8 Å². The van der Waals surface area contributed by atoms with E-state index in [4.69, 9.17) is 50.0 Å². The van der Waals surface area contributed by atoms with Crippen molar-refractivity contribution < 1.29 is 38.3 Å². The van der Waals surface area contributed by atoms with Crippen LogP contribution < -0.4 is 18.9 Å². The number of methoxy groups -OCH3 is 2. The molecule has 0 spiro atoms. The number of hydrogen-bond acceptors (Lipinski definition) is 13. The third-order valence-electron chi connectivity index (χ3n) is 10.5. The van der Waals surface area contributed by atoms with E-state index in [2.05, 4.69) is 14.3 Å². The lowest BCUT2D eigenvalue weighted by molar-refractivity contribution is -0.145. The average molecular weight is 878 g/mol. The Kier molecular flexibility index (Phi) is 14.7. The highest BCUT2D eigenvalue weighted by atomic mass is 35.5. The van der Waals surface area contributed by atoms with Gasteiger partial charge in [-0.25, -0.2) is 14.8 Å². The number of rotatable bonds is 18. The first kappa shape index (κ1) is 44.0. The molecule has 15 heteroatoms. The molecule has 62 heavy (non-hydrogen) atoms. The number of para-hydroxylation sites is 1. The van der Waals surface area contributed by atoms with Crippen LogP contribution in [0, 0.1) is 6.92 Å². The zero-order valence-electron chi connectivity index (χ0n) is 35.2. The van der Waals surface area contributed by atoms with Gasteiger partial charge in [-0.15, -0.1) is 0 Å². The molecule has 7 rings (SSSR count). The normalized spacial score (nSPS) is 14.1. The SMILES string of the molecule is C/C=C\C(=C(/C)OC)c1nccc(COc2ccccc2CC(Oc2nsc3cnc(-c4cccc(OC)c4)c(-c4ccc(OCCN5CCOCC5)c(Cl)c4C)c23)C(=O)O)n1. The Morgan fingerprint density at radius 2 is 1.85 bits per heavy atom. The van der Waals surface area contributed by atoms with Gasteiger partial charge in [0.05, 0.1) is 59.5 Å². The minimum atomic E-state index is -1.34. The topological polar surface area (TPSA) is 147 Å². The van der Waals surface area contributed by atoms with Crippen LogP contribution in [0.2, 0.25) is 5.02 Å². The smallest absolute Gasteiger partial charge is 0.345 e. The van der Waals surface area contributed by atoms with Crippen molar-refractivity contribution in [2.45, 2.75) is 39.9 Å². The largest absolute Gasteiger partial charge is 0.501 e. The van der Waals surface area contributed by atoms with Crippen LogP contribution in [0.3, 0.4) is 0 Å². The Bertz CT molecular complexity index is 2590. The minimum Gasteiger partial charge on any atom is -0.501 e. The molecule has 1 saturated heterocycles. The van der Waals surface area contributed by atoms with Crippen LogP contribution in [-0.2, 0) is 27.3 Å². The second-order valence-electron chi connectivity index (χ2n) is 14.4. The number of hydrogen-bond donors (Lipinski definition) is 1. The molecule has 0 bridgehead atoms.